The third-order valence-electron chi connectivity index (χ3n) is 4.73. The number of hydrogen-bond acceptors (Lipinski definition) is 4. The SMILES string of the molecule is CSC(=O)CCCCCN1CCCC(n2cc(C(C)C)cn2)C1. The monoisotopic (exact) mass is 337 g/mol. The van der Waals surface area contributed by atoms with Gasteiger partial charge in [0.25, 0.3) is 0 Å². The van der Waals surface area contributed by atoms with E-state index >= 15 is 0 Å². The van der Waals surface area contributed by atoms with Crippen LogP contribution in [0, 0.1) is 0 Å². The number of rotatable bonds is 8. The van der Waals surface area contributed by atoms with E-state index in [1.807, 2.05) is 12.5 Å². The highest BCUT2D eigenvalue weighted by Gasteiger charge is 2.21. The Bertz CT molecular complexity index is 486. The van der Waals surface area contributed by atoms with Crippen molar-refractivity contribution in [1.82, 2.24) is 14.7 Å². The van der Waals surface area contributed by atoms with E-state index in [0.717, 1.165) is 32.4 Å². The molecule has 1 atom stereocenters. The molecule has 0 amide bonds. The molecule has 0 aliphatic carbocycles. The Morgan fingerprint density at radius 1 is 1.39 bits per heavy atom. The number of thioether (sulfide) groups is 1. The van der Waals surface area contributed by atoms with E-state index in [2.05, 4.69) is 34.7 Å². The van der Waals surface area contributed by atoms with Crippen molar-refractivity contribution >= 4 is 16.9 Å². The van der Waals surface area contributed by atoms with Crippen LogP contribution >= 0.6 is 11.8 Å². The van der Waals surface area contributed by atoms with Crippen LogP contribution in [0.3, 0.4) is 0 Å². The zero-order chi connectivity index (χ0) is 16.7. The molecule has 1 saturated heterocycles. The molecule has 2 heterocycles. The van der Waals surface area contributed by atoms with Crippen molar-refractivity contribution < 1.29 is 4.79 Å². The van der Waals surface area contributed by atoms with Crippen LogP contribution in [0.2, 0.25) is 0 Å². The molecule has 1 aromatic rings. The maximum Gasteiger partial charge on any atom is 0.188 e. The summed E-state index contributed by atoms with van der Waals surface area (Å²) in [7, 11) is 0. The minimum absolute atomic E-state index is 0.322. The number of carbonyl (C=O) groups excluding carboxylic acids is 1. The van der Waals surface area contributed by atoms with E-state index in [-0.39, 0.29) is 0 Å². The fourth-order valence-electron chi connectivity index (χ4n) is 3.18. The van der Waals surface area contributed by atoms with Crippen molar-refractivity contribution in [3.05, 3.63) is 18.0 Å². The summed E-state index contributed by atoms with van der Waals surface area (Å²) in [4.78, 5) is 13.8. The minimum Gasteiger partial charge on any atom is -0.301 e. The number of nitrogens with zero attached hydrogens (tertiary/aromatic N) is 3. The maximum atomic E-state index is 11.3. The van der Waals surface area contributed by atoms with E-state index in [4.69, 9.17) is 0 Å². The summed E-state index contributed by atoms with van der Waals surface area (Å²) in [6, 6.07) is 0.523. The molecule has 5 heteroatoms. The van der Waals surface area contributed by atoms with Crippen LogP contribution in [-0.4, -0.2) is 45.7 Å². The Morgan fingerprint density at radius 3 is 2.91 bits per heavy atom. The largest absolute Gasteiger partial charge is 0.301 e. The van der Waals surface area contributed by atoms with E-state index < -0.39 is 0 Å². The van der Waals surface area contributed by atoms with Crippen molar-refractivity contribution in [1.29, 1.82) is 0 Å². The second-order valence-corrected chi connectivity index (χ2v) is 7.76. The Hall–Kier alpha value is -0.810. The fraction of sp³-hybridized carbons (Fsp3) is 0.778. The van der Waals surface area contributed by atoms with Crippen LogP contribution < -0.4 is 0 Å². The molecule has 0 spiro atoms. The van der Waals surface area contributed by atoms with Gasteiger partial charge in [-0.1, -0.05) is 32.0 Å². The molecule has 2 rings (SSSR count). The van der Waals surface area contributed by atoms with Crippen LogP contribution in [0.15, 0.2) is 12.4 Å². The lowest BCUT2D eigenvalue weighted by molar-refractivity contribution is -0.111. The first-order valence-corrected chi connectivity index (χ1v) is 10.2. The number of carbonyl (C=O) groups is 1. The third-order valence-corrected chi connectivity index (χ3v) is 5.39. The Morgan fingerprint density at radius 2 is 2.22 bits per heavy atom. The number of likely N-dealkylation sites (tertiary alicyclic amines) is 1. The maximum absolute atomic E-state index is 11.3. The Balaban J connectivity index is 1.71. The number of aromatic nitrogens is 2. The average molecular weight is 338 g/mol. The summed E-state index contributed by atoms with van der Waals surface area (Å²) >= 11 is 1.35. The van der Waals surface area contributed by atoms with Gasteiger partial charge in [0.1, 0.15) is 0 Å². The van der Waals surface area contributed by atoms with Crippen molar-refractivity contribution in [3.8, 4) is 0 Å². The van der Waals surface area contributed by atoms with E-state index in [1.165, 1.54) is 43.1 Å². The predicted octanol–water partition coefficient (Wildman–Crippen LogP) is 4.09. The summed E-state index contributed by atoms with van der Waals surface area (Å²) in [5.41, 5.74) is 1.33. The molecule has 1 unspecified atom stereocenters. The molecule has 4 nitrogen and oxygen atoms in total. The van der Waals surface area contributed by atoms with Gasteiger partial charge in [-0.2, -0.15) is 5.10 Å². The van der Waals surface area contributed by atoms with Crippen LogP contribution in [0.25, 0.3) is 0 Å². The summed E-state index contributed by atoms with van der Waals surface area (Å²) in [6.07, 6.45) is 12.7. The smallest absolute Gasteiger partial charge is 0.188 e. The van der Waals surface area contributed by atoms with Gasteiger partial charge in [0.15, 0.2) is 5.12 Å². The van der Waals surface area contributed by atoms with Crippen molar-refractivity contribution in [2.75, 3.05) is 25.9 Å². The molecular weight excluding hydrogens is 306 g/mol. The first kappa shape index (κ1) is 18.5. The molecule has 0 bridgehead atoms. The van der Waals surface area contributed by atoms with Gasteiger partial charge >= 0.3 is 0 Å². The molecule has 23 heavy (non-hydrogen) atoms. The normalized spacial score (nSPS) is 19.4. The second-order valence-electron chi connectivity index (χ2n) is 6.89. The molecule has 1 fully saturated rings. The summed E-state index contributed by atoms with van der Waals surface area (Å²) in [5, 5.41) is 4.91. The Labute approximate surface area is 145 Å². The standard InChI is InChI=1S/C18H31N3OS/c1-15(2)16-12-19-21(13-16)17-8-7-11-20(14-17)10-6-4-5-9-18(22)23-3/h12-13,15,17H,4-11,14H2,1-3H3. The van der Waals surface area contributed by atoms with Gasteiger partial charge in [-0.3, -0.25) is 9.48 Å². The van der Waals surface area contributed by atoms with Gasteiger partial charge in [0.05, 0.1) is 12.2 Å². The second kappa shape index (κ2) is 9.48. The van der Waals surface area contributed by atoms with Gasteiger partial charge < -0.3 is 4.90 Å². The molecule has 130 valence electrons. The first-order chi connectivity index (χ1) is 11.1. The zero-order valence-electron chi connectivity index (χ0n) is 14.8. The molecule has 0 aromatic carbocycles. The molecule has 0 radical (unpaired) electrons. The van der Waals surface area contributed by atoms with Gasteiger partial charge in [-0.25, -0.2) is 0 Å². The van der Waals surface area contributed by atoms with Crippen molar-refractivity contribution in [2.24, 2.45) is 0 Å². The lowest BCUT2D eigenvalue weighted by atomic mass is 10.0. The first-order valence-electron chi connectivity index (χ1n) is 8.93. The molecular formula is C18H31N3OS. The number of hydrogen-bond donors (Lipinski definition) is 0. The zero-order valence-corrected chi connectivity index (χ0v) is 15.6. The van der Waals surface area contributed by atoms with Gasteiger partial charge in [0, 0.05) is 19.2 Å². The van der Waals surface area contributed by atoms with E-state index in [1.54, 1.807) is 0 Å². The summed E-state index contributed by atoms with van der Waals surface area (Å²) in [5.74, 6) is 0.549. The highest BCUT2D eigenvalue weighted by atomic mass is 32.2. The number of piperidine rings is 1. The molecule has 0 saturated carbocycles. The molecule has 0 N–H and O–H groups in total. The van der Waals surface area contributed by atoms with E-state index in [0.29, 0.717) is 17.1 Å². The van der Waals surface area contributed by atoms with Crippen molar-refractivity contribution in [3.63, 3.8) is 0 Å². The van der Waals surface area contributed by atoms with Crippen molar-refractivity contribution in [2.45, 2.75) is 64.3 Å². The average Bonchev–Trinajstić information content (AvgIpc) is 3.05. The van der Waals surface area contributed by atoms with Gasteiger partial charge in [-0.15, -0.1) is 0 Å². The molecule has 1 aromatic heterocycles. The molecule has 1 aliphatic rings. The van der Waals surface area contributed by atoms with Gasteiger partial charge in [-0.05, 0) is 56.5 Å². The van der Waals surface area contributed by atoms with Crippen LogP contribution in [-0.2, 0) is 4.79 Å². The van der Waals surface area contributed by atoms with Gasteiger partial charge in [0.2, 0.25) is 0 Å². The molecule has 1 aliphatic heterocycles. The fourth-order valence-corrected chi connectivity index (χ4v) is 3.53. The highest BCUT2D eigenvalue weighted by Crippen LogP contribution is 2.23. The lowest BCUT2D eigenvalue weighted by Crippen LogP contribution is -2.37. The predicted molar refractivity (Wildman–Crippen MR) is 98.0 cm³/mol. The van der Waals surface area contributed by atoms with Crippen LogP contribution in [0.4, 0.5) is 0 Å². The quantitative estimate of drug-likeness (QED) is 0.670. The minimum atomic E-state index is 0.322. The third kappa shape index (κ3) is 5.96. The number of unbranched alkanes of at least 4 members (excludes halogenated alkanes) is 2. The topological polar surface area (TPSA) is 38.1 Å². The Kier molecular flexibility index (Phi) is 7.63. The van der Waals surface area contributed by atoms with Crippen LogP contribution in [0.1, 0.15) is 69.9 Å². The lowest BCUT2D eigenvalue weighted by Gasteiger charge is -2.32. The highest BCUT2D eigenvalue weighted by molar-refractivity contribution is 8.13. The van der Waals surface area contributed by atoms with E-state index in [9.17, 15) is 4.79 Å². The summed E-state index contributed by atoms with van der Waals surface area (Å²) in [6.45, 7) is 7.91. The van der Waals surface area contributed by atoms with Crippen LogP contribution in [0.5, 0.6) is 0 Å². The summed E-state index contributed by atoms with van der Waals surface area (Å²) < 4.78 is 2.18.